The van der Waals surface area contributed by atoms with Crippen molar-refractivity contribution < 1.29 is 8.42 Å². The first-order valence-corrected chi connectivity index (χ1v) is 8.66. The second-order valence-electron chi connectivity index (χ2n) is 5.40. The Bertz CT molecular complexity index is 722. The monoisotopic (exact) mass is 306 g/mol. The Morgan fingerprint density at radius 3 is 2.29 bits per heavy atom. The van der Waals surface area contributed by atoms with Crippen molar-refractivity contribution in [2.75, 3.05) is 6.54 Å². The molecule has 0 saturated heterocycles. The van der Waals surface area contributed by atoms with E-state index in [1.807, 2.05) is 44.2 Å². The van der Waals surface area contributed by atoms with E-state index in [0.29, 0.717) is 0 Å². The highest BCUT2D eigenvalue weighted by molar-refractivity contribution is 7.89. The largest absolute Gasteiger partial charge is 0.324 e. The molecule has 0 radical (unpaired) electrons. The quantitative estimate of drug-likeness (QED) is 0.861. The van der Waals surface area contributed by atoms with Crippen LogP contribution in [0.25, 0.3) is 10.8 Å². The summed E-state index contributed by atoms with van der Waals surface area (Å²) in [4.78, 5) is 0.274. The van der Waals surface area contributed by atoms with Gasteiger partial charge >= 0.3 is 0 Å². The van der Waals surface area contributed by atoms with Crippen LogP contribution in [-0.4, -0.2) is 20.5 Å². The topological polar surface area (TPSA) is 72.2 Å². The highest BCUT2D eigenvalue weighted by Crippen LogP contribution is 2.19. The van der Waals surface area contributed by atoms with Gasteiger partial charge in [-0.15, -0.1) is 0 Å². The Balaban J connectivity index is 2.25. The number of fused-ring (bicyclic) bond motifs is 1. The summed E-state index contributed by atoms with van der Waals surface area (Å²) >= 11 is 0. The van der Waals surface area contributed by atoms with Crippen LogP contribution in [0.2, 0.25) is 0 Å². The molecule has 0 saturated carbocycles. The predicted octanol–water partition coefficient (Wildman–Crippen LogP) is 2.64. The highest BCUT2D eigenvalue weighted by atomic mass is 32.2. The minimum Gasteiger partial charge on any atom is -0.324 e. The van der Waals surface area contributed by atoms with E-state index in [1.54, 1.807) is 12.1 Å². The number of hydrogen-bond acceptors (Lipinski definition) is 3. The van der Waals surface area contributed by atoms with Gasteiger partial charge in [-0.05, 0) is 35.7 Å². The number of rotatable bonds is 6. The van der Waals surface area contributed by atoms with Crippen molar-refractivity contribution in [1.29, 1.82) is 0 Å². The molecule has 3 N–H and O–H groups in total. The van der Waals surface area contributed by atoms with Crippen LogP contribution in [0, 0.1) is 0 Å². The van der Waals surface area contributed by atoms with Crippen LogP contribution < -0.4 is 10.5 Å². The maximum Gasteiger partial charge on any atom is 0.240 e. The average molecular weight is 306 g/mol. The van der Waals surface area contributed by atoms with Gasteiger partial charge in [0.25, 0.3) is 0 Å². The molecule has 0 unspecified atom stereocenters. The van der Waals surface area contributed by atoms with Crippen LogP contribution in [0.3, 0.4) is 0 Å². The van der Waals surface area contributed by atoms with Gasteiger partial charge in [0.15, 0.2) is 0 Å². The Labute approximate surface area is 126 Å². The summed E-state index contributed by atoms with van der Waals surface area (Å²) in [5, 5.41) is 1.93. The van der Waals surface area contributed by atoms with Crippen molar-refractivity contribution in [2.45, 2.75) is 37.1 Å². The molecule has 0 fully saturated rings. The zero-order chi connectivity index (χ0) is 15.5. The van der Waals surface area contributed by atoms with Gasteiger partial charge in [0, 0.05) is 12.1 Å². The van der Waals surface area contributed by atoms with Crippen molar-refractivity contribution >= 4 is 20.8 Å². The lowest BCUT2D eigenvalue weighted by Crippen LogP contribution is -2.49. The molecule has 0 heterocycles. The van der Waals surface area contributed by atoms with E-state index >= 15 is 0 Å². The molecule has 0 aliphatic rings. The number of hydrogen-bond donors (Lipinski definition) is 2. The molecule has 114 valence electrons. The molecule has 2 aromatic rings. The first kappa shape index (κ1) is 15.9. The van der Waals surface area contributed by atoms with E-state index in [2.05, 4.69) is 4.72 Å². The summed E-state index contributed by atoms with van der Waals surface area (Å²) in [5.41, 5.74) is 5.65. The van der Waals surface area contributed by atoms with E-state index in [4.69, 9.17) is 5.73 Å². The zero-order valence-electron chi connectivity index (χ0n) is 12.5. The second-order valence-corrected chi connectivity index (χ2v) is 7.17. The molecule has 2 rings (SSSR count). The van der Waals surface area contributed by atoms with Gasteiger partial charge in [0.1, 0.15) is 0 Å². The van der Waals surface area contributed by atoms with Crippen LogP contribution in [0.1, 0.15) is 26.7 Å². The van der Waals surface area contributed by atoms with Crippen LogP contribution in [-0.2, 0) is 10.0 Å². The van der Waals surface area contributed by atoms with Crippen molar-refractivity contribution in [1.82, 2.24) is 4.72 Å². The number of nitrogens with two attached hydrogens (primary N) is 1. The summed E-state index contributed by atoms with van der Waals surface area (Å²) in [6.07, 6.45) is 1.45. The van der Waals surface area contributed by atoms with Crippen LogP contribution in [0.5, 0.6) is 0 Å². The fourth-order valence-corrected chi connectivity index (χ4v) is 3.33. The molecule has 0 atom stereocenters. The first-order chi connectivity index (χ1) is 9.90. The third-order valence-corrected chi connectivity index (χ3v) is 5.45. The molecule has 0 aromatic heterocycles. The van der Waals surface area contributed by atoms with Gasteiger partial charge in [-0.3, -0.25) is 0 Å². The predicted molar refractivity (Wildman–Crippen MR) is 86.6 cm³/mol. The van der Waals surface area contributed by atoms with Gasteiger partial charge in [0.05, 0.1) is 4.90 Å². The molecule has 0 aliphatic heterocycles. The Hall–Kier alpha value is -1.43. The smallest absolute Gasteiger partial charge is 0.240 e. The third-order valence-electron chi connectivity index (χ3n) is 4.05. The lowest BCUT2D eigenvalue weighted by molar-refractivity contribution is 0.392. The van der Waals surface area contributed by atoms with Gasteiger partial charge in [-0.1, -0.05) is 44.2 Å². The fourth-order valence-electron chi connectivity index (χ4n) is 2.16. The number of benzene rings is 2. The number of sulfonamides is 1. The Kier molecular flexibility index (Phi) is 4.66. The van der Waals surface area contributed by atoms with Gasteiger partial charge in [-0.2, -0.15) is 0 Å². The first-order valence-electron chi connectivity index (χ1n) is 7.17. The molecule has 0 amide bonds. The Morgan fingerprint density at radius 1 is 1.05 bits per heavy atom. The maximum absolute atomic E-state index is 12.4. The van der Waals surface area contributed by atoms with Crippen molar-refractivity contribution in [3.05, 3.63) is 42.5 Å². The van der Waals surface area contributed by atoms with Gasteiger partial charge in [-0.25, -0.2) is 13.1 Å². The molecule has 0 aliphatic carbocycles. The van der Waals surface area contributed by atoms with Crippen LogP contribution >= 0.6 is 0 Å². The summed E-state index contributed by atoms with van der Waals surface area (Å²) in [7, 11) is -3.54. The zero-order valence-corrected chi connectivity index (χ0v) is 13.3. The van der Waals surface area contributed by atoms with E-state index in [-0.39, 0.29) is 11.4 Å². The molecule has 0 spiro atoms. The van der Waals surface area contributed by atoms with E-state index in [1.165, 1.54) is 0 Å². The lowest BCUT2D eigenvalue weighted by Gasteiger charge is -2.26. The van der Waals surface area contributed by atoms with Crippen molar-refractivity contribution in [3.8, 4) is 0 Å². The average Bonchev–Trinajstić information content (AvgIpc) is 2.52. The van der Waals surface area contributed by atoms with Crippen molar-refractivity contribution in [2.24, 2.45) is 5.73 Å². The summed E-state index contributed by atoms with van der Waals surface area (Å²) in [5.74, 6) is 0. The SMILES string of the molecule is CCC(N)(CC)CNS(=O)(=O)c1ccc2ccccc2c1. The summed E-state index contributed by atoms with van der Waals surface area (Å²) < 4.78 is 27.4. The van der Waals surface area contributed by atoms with Crippen molar-refractivity contribution in [3.63, 3.8) is 0 Å². The normalized spacial score (nSPS) is 12.7. The van der Waals surface area contributed by atoms with Crippen LogP contribution in [0.15, 0.2) is 47.4 Å². The third kappa shape index (κ3) is 3.61. The molecule has 4 nitrogen and oxygen atoms in total. The molecule has 2 aromatic carbocycles. The molecular formula is C16H22N2O2S. The van der Waals surface area contributed by atoms with E-state index < -0.39 is 15.6 Å². The summed E-state index contributed by atoms with van der Waals surface area (Å²) in [6, 6.07) is 12.8. The highest BCUT2D eigenvalue weighted by Gasteiger charge is 2.24. The van der Waals surface area contributed by atoms with E-state index in [9.17, 15) is 8.42 Å². The van der Waals surface area contributed by atoms with Gasteiger partial charge < -0.3 is 5.73 Å². The second kappa shape index (κ2) is 6.13. The molecular weight excluding hydrogens is 284 g/mol. The van der Waals surface area contributed by atoms with Crippen LogP contribution in [0.4, 0.5) is 0 Å². The lowest BCUT2D eigenvalue weighted by atomic mass is 9.95. The standard InChI is InChI=1S/C16H22N2O2S/c1-3-16(17,4-2)12-18-21(19,20)15-10-9-13-7-5-6-8-14(13)11-15/h5-11,18H,3-4,12,17H2,1-2H3. The summed E-state index contributed by atoms with van der Waals surface area (Å²) in [6.45, 7) is 4.18. The molecule has 5 heteroatoms. The fraction of sp³-hybridized carbons (Fsp3) is 0.375. The van der Waals surface area contributed by atoms with Gasteiger partial charge in [0.2, 0.25) is 10.0 Å². The van der Waals surface area contributed by atoms with E-state index in [0.717, 1.165) is 23.6 Å². The number of nitrogens with one attached hydrogen (secondary N) is 1. The minimum atomic E-state index is -3.54. The molecule has 0 bridgehead atoms. The maximum atomic E-state index is 12.4. The minimum absolute atomic E-state index is 0.245. The Morgan fingerprint density at radius 2 is 1.67 bits per heavy atom. The molecule has 21 heavy (non-hydrogen) atoms.